The van der Waals surface area contributed by atoms with E-state index in [-0.39, 0.29) is 11.9 Å². The average molecular weight is 300 g/mol. The zero-order valence-corrected chi connectivity index (χ0v) is 12.9. The van der Waals surface area contributed by atoms with Gasteiger partial charge in [0.1, 0.15) is 5.54 Å². The Morgan fingerprint density at radius 2 is 2.05 bits per heavy atom. The molecule has 6 heteroatoms. The van der Waals surface area contributed by atoms with Gasteiger partial charge in [0.2, 0.25) is 10.0 Å². The number of sulfonamides is 1. The molecular formula is C14H24N2O3S. The molecule has 2 rings (SSSR count). The van der Waals surface area contributed by atoms with Gasteiger partial charge in [-0.2, -0.15) is 9.98 Å². The van der Waals surface area contributed by atoms with E-state index in [0.29, 0.717) is 25.4 Å². The molecule has 20 heavy (non-hydrogen) atoms. The van der Waals surface area contributed by atoms with Crippen molar-refractivity contribution in [3.63, 3.8) is 0 Å². The van der Waals surface area contributed by atoms with Crippen molar-refractivity contribution in [2.24, 2.45) is 5.92 Å². The molecule has 0 aromatic carbocycles. The van der Waals surface area contributed by atoms with Gasteiger partial charge < -0.3 is 4.74 Å². The van der Waals surface area contributed by atoms with Crippen LogP contribution in [0.25, 0.3) is 0 Å². The van der Waals surface area contributed by atoms with E-state index in [4.69, 9.17) is 4.74 Å². The third kappa shape index (κ3) is 3.94. The van der Waals surface area contributed by atoms with Gasteiger partial charge in [0.25, 0.3) is 0 Å². The van der Waals surface area contributed by atoms with Crippen molar-refractivity contribution < 1.29 is 13.2 Å². The summed E-state index contributed by atoms with van der Waals surface area (Å²) in [5.74, 6) is 0.604. The highest BCUT2D eigenvalue weighted by Gasteiger charge is 2.39. The molecule has 1 saturated carbocycles. The van der Waals surface area contributed by atoms with Crippen LogP contribution in [-0.4, -0.2) is 32.4 Å². The van der Waals surface area contributed by atoms with E-state index in [0.717, 1.165) is 32.1 Å². The smallest absolute Gasteiger partial charge is 0.215 e. The highest BCUT2D eigenvalue weighted by atomic mass is 32.2. The van der Waals surface area contributed by atoms with Gasteiger partial charge in [-0.3, -0.25) is 0 Å². The lowest BCUT2D eigenvalue weighted by atomic mass is 9.77. The highest BCUT2D eigenvalue weighted by molar-refractivity contribution is 7.89. The SMILES string of the molecule is CCC1CCC(C#N)(NS(=O)(=O)CC2CCCO2)CC1. The molecule has 0 bridgehead atoms. The molecule has 1 N–H and O–H groups in total. The van der Waals surface area contributed by atoms with Gasteiger partial charge in [0.15, 0.2) is 0 Å². The molecule has 1 heterocycles. The molecule has 0 aromatic rings. The highest BCUT2D eigenvalue weighted by Crippen LogP contribution is 2.34. The van der Waals surface area contributed by atoms with Crippen LogP contribution in [0.2, 0.25) is 0 Å². The Morgan fingerprint density at radius 1 is 1.35 bits per heavy atom. The molecule has 2 aliphatic rings. The first-order valence-corrected chi connectivity index (χ1v) is 9.18. The van der Waals surface area contributed by atoms with Gasteiger partial charge in [-0.15, -0.1) is 0 Å². The fourth-order valence-corrected chi connectivity index (χ4v) is 4.86. The van der Waals surface area contributed by atoms with Crippen LogP contribution in [-0.2, 0) is 14.8 Å². The van der Waals surface area contributed by atoms with Gasteiger partial charge in [0, 0.05) is 6.61 Å². The number of nitrogens with zero attached hydrogens (tertiary/aromatic N) is 1. The number of nitriles is 1. The summed E-state index contributed by atoms with van der Waals surface area (Å²) in [6.07, 6.45) is 5.68. The predicted molar refractivity (Wildman–Crippen MR) is 76.5 cm³/mol. The van der Waals surface area contributed by atoms with Gasteiger partial charge >= 0.3 is 0 Å². The molecule has 114 valence electrons. The van der Waals surface area contributed by atoms with Crippen molar-refractivity contribution in [2.45, 2.75) is 63.5 Å². The maximum atomic E-state index is 12.2. The molecule has 1 saturated heterocycles. The van der Waals surface area contributed by atoms with Crippen LogP contribution < -0.4 is 4.72 Å². The first kappa shape index (κ1) is 15.7. The predicted octanol–water partition coefficient (Wildman–Crippen LogP) is 1.95. The van der Waals surface area contributed by atoms with Crippen molar-refractivity contribution in [2.75, 3.05) is 12.4 Å². The molecular weight excluding hydrogens is 276 g/mol. The second-order valence-electron chi connectivity index (χ2n) is 6.06. The van der Waals surface area contributed by atoms with Gasteiger partial charge in [-0.25, -0.2) is 8.42 Å². The number of hydrogen-bond donors (Lipinski definition) is 1. The molecule has 1 unspecified atom stereocenters. The minimum Gasteiger partial charge on any atom is -0.377 e. The summed E-state index contributed by atoms with van der Waals surface area (Å²) < 4.78 is 32.5. The standard InChI is InChI=1S/C14H24N2O3S/c1-2-12-5-7-14(11-15,8-6-12)16-20(17,18)10-13-4-3-9-19-13/h12-13,16H,2-10H2,1H3. The largest absolute Gasteiger partial charge is 0.377 e. The first-order chi connectivity index (χ1) is 9.49. The summed E-state index contributed by atoms with van der Waals surface area (Å²) in [5, 5.41) is 9.42. The van der Waals surface area contributed by atoms with Crippen LogP contribution in [0.1, 0.15) is 51.9 Å². The Bertz CT molecular complexity index is 455. The number of nitrogens with one attached hydrogen (secondary N) is 1. The van der Waals surface area contributed by atoms with Crippen molar-refractivity contribution in [3.05, 3.63) is 0 Å². The van der Waals surface area contributed by atoms with Crippen molar-refractivity contribution in [1.82, 2.24) is 4.72 Å². The van der Waals surface area contributed by atoms with Crippen LogP contribution in [0.4, 0.5) is 0 Å². The van der Waals surface area contributed by atoms with Crippen LogP contribution in [0, 0.1) is 17.2 Å². The average Bonchev–Trinajstić information content (AvgIpc) is 2.91. The van der Waals surface area contributed by atoms with Crippen molar-refractivity contribution in [1.29, 1.82) is 5.26 Å². The summed E-state index contributed by atoms with van der Waals surface area (Å²) in [5.41, 5.74) is -0.900. The normalized spacial score (nSPS) is 34.8. The molecule has 0 radical (unpaired) electrons. The third-order valence-corrected chi connectivity index (χ3v) is 6.04. The van der Waals surface area contributed by atoms with Crippen LogP contribution in [0.5, 0.6) is 0 Å². The van der Waals surface area contributed by atoms with Crippen molar-refractivity contribution in [3.8, 4) is 6.07 Å². The first-order valence-electron chi connectivity index (χ1n) is 7.53. The zero-order valence-electron chi connectivity index (χ0n) is 12.1. The molecule has 1 aliphatic heterocycles. The van der Waals surface area contributed by atoms with Crippen molar-refractivity contribution >= 4 is 10.0 Å². The number of ether oxygens (including phenoxy) is 1. The number of rotatable bonds is 5. The summed E-state index contributed by atoms with van der Waals surface area (Å²) in [6, 6.07) is 2.21. The Balaban J connectivity index is 1.97. The summed E-state index contributed by atoms with van der Waals surface area (Å²) >= 11 is 0. The summed E-state index contributed by atoms with van der Waals surface area (Å²) in [6.45, 7) is 2.79. The van der Waals surface area contributed by atoms with Crippen LogP contribution in [0.15, 0.2) is 0 Å². The van der Waals surface area contributed by atoms with Gasteiger partial charge in [-0.1, -0.05) is 13.3 Å². The van der Waals surface area contributed by atoms with Crippen LogP contribution in [0.3, 0.4) is 0 Å². The molecule has 5 nitrogen and oxygen atoms in total. The van der Waals surface area contributed by atoms with E-state index in [2.05, 4.69) is 17.7 Å². The fraction of sp³-hybridized carbons (Fsp3) is 0.929. The number of hydrogen-bond acceptors (Lipinski definition) is 4. The summed E-state index contributed by atoms with van der Waals surface area (Å²) in [7, 11) is -3.46. The topological polar surface area (TPSA) is 79.2 Å². The van der Waals surface area contributed by atoms with E-state index in [9.17, 15) is 13.7 Å². The lowest BCUT2D eigenvalue weighted by Gasteiger charge is -2.35. The van der Waals surface area contributed by atoms with Gasteiger partial charge in [-0.05, 0) is 44.4 Å². The Kier molecular flexibility index (Phi) is 5.05. The maximum Gasteiger partial charge on any atom is 0.215 e. The third-order valence-electron chi connectivity index (χ3n) is 4.53. The second kappa shape index (κ2) is 6.42. The van der Waals surface area contributed by atoms with Crippen LogP contribution >= 0.6 is 0 Å². The maximum absolute atomic E-state index is 12.2. The molecule has 1 atom stereocenters. The Hall–Kier alpha value is -0.640. The lowest BCUT2D eigenvalue weighted by Crippen LogP contribution is -2.51. The van der Waals surface area contributed by atoms with E-state index in [1.165, 1.54) is 0 Å². The molecule has 0 spiro atoms. The molecule has 2 fully saturated rings. The quantitative estimate of drug-likeness (QED) is 0.841. The van der Waals surface area contributed by atoms with E-state index in [1.807, 2.05) is 0 Å². The Morgan fingerprint density at radius 3 is 2.55 bits per heavy atom. The monoisotopic (exact) mass is 300 g/mol. The molecule has 1 aliphatic carbocycles. The van der Waals surface area contributed by atoms with E-state index < -0.39 is 15.6 Å². The second-order valence-corrected chi connectivity index (χ2v) is 7.83. The fourth-order valence-electron chi connectivity index (χ4n) is 3.18. The minimum absolute atomic E-state index is 0.0202. The van der Waals surface area contributed by atoms with Gasteiger partial charge in [0.05, 0.1) is 17.9 Å². The Labute approximate surface area is 121 Å². The van der Waals surface area contributed by atoms with E-state index >= 15 is 0 Å². The minimum atomic E-state index is -3.46. The summed E-state index contributed by atoms with van der Waals surface area (Å²) in [4.78, 5) is 0. The molecule has 0 amide bonds. The zero-order chi connectivity index (χ0) is 14.6. The lowest BCUT2D eigenvalue weighted by molar-refractivity contribution is 0.127. The molecule has 0 aromatic heterocycles. The van der Waals surface area contributed by atoms with E-state index in [1.54, 1.807) is 0 Å².